The Morgan fingerprint density at radius 3 is 2.62 bits per heavy atom. The average molecular weight is 326 g/mol. The Morgan fingerprint density at radius 1 is 1.17 bits per heavy atom. The number of halogens is 1. The first-order valence-electron chi connectivity index (χ1n) is 7.27. The van der Waals surface area contributed by atoms with Crippen LogP contribution >= 0.6 is 0 Å². The van der Waals surface area contributed by atoms with E-state index < -0.39 is 11.7 Å². The van der Waals surface area contributed by atoms with Crippen molar-refractivity contribution in [3.05, 3.63) is 60.0 Å². The SMILES string of the molecule is COc1ccccc1NC(=O)c1cn(C(C)=O)c2ccc(F)cc12. The molecule has 6 heteroatoms. The van der Waals surface area contributed by atoms with E-state index in [-0.39, 0.29) is 11.5 Å². The van der Waals surface area contributed by atoms with Crippen LogP contribution in [0, 0.1) is 5.82 Å². The van der Waals surface area contributed by atoms with Crippen LogP contribution in [0.4, 0.5) is 10.1 Å². The van der Waals surface area contributed by atoms with Crippen molar-refractivity contribution in [2.45, 2.75) is 6.92 Å². The van der Waals surface area contributed by atoms with Crippen molar-refractivity contribution in [3.8, 4) is 5.75 Å². The summed E-state index contributed by atoms with van der Waals surface area (Å²) in [6.45, 7) is 1.38. The Hall–Kier alpha value is -3.15. The Bertz CT molecular complexity index is 947. The number of hydrogen-bond donors (Lipinski definition) is 1. The number of amides is 1. The molecule has 0 bridgehead atoms. The highest BCUT2D eigenvalue weighted by atomic mass is 19.1. The van der Waals surface area contributed by atoms with E-state index in [1.165, 1.54) is 43.0 Å². The second-order valence-corrected chi connectivity index (χ2v) is 5.25. The first-order valence-corrected chi connectivity index (χ1v) is 7.27. The number of nitrogens with one attached hydrogen (secondary N) is 1. The van der Waals surface area contributed by atoms with Gasteiger partial charge in [-0.25, -0.2) is 4.39 Å². The summed E-state index contributed by atoms with van der Waals surface area (Å²) < 4.78 is 20.1. The molecule has 0 atom stereocenters. The third-order valence-electron chi connectivity index (χ3n) is 3.71. The summed E-state index contributed by atoms with van der Waals surface area (Å²) in [5.41, 5.74) is 1.19. The van der Waals surface area contributed by atoms with E-state index in [4.69, 9.17) is 4.74 Å². The lowest BCUT2D eigenvalue weighted by molar-refractivity contribution is 0.0941. The van der Waals surface area contributed by atoms with Gasteiger partial charge in [0.2, 0.25) is 5.91 Å². The summed E-state index contributed by atoms with van der Waals surface area (Å²) >= 11 is 0. The molecule has 1 amide bonds. The van der Waals surface area contributed by atoms with Crippen LogP contribution in [0.5, 0.6) is 5.75 Å². The van der Waals surface area contributed by atoms with Gasteiger partial charge in [0.15, 0.2) is 0 Å². The van der Waals surface area contributed by atoms with Gasteiger partial charge in [-0.2, -0.15) is 0 Å². The fraction of sp³-hybridized carbons (Fsp3) is 0.111. The summed E-state index contributed by atoms with van der Waals surface area (Å²) in [6, 6.07) is 10.9. The number of ether oxygens (including phenoxy) is 1. The van der Waals surface area contributed by atoms with Gasteiger partial charge in [-0.05, 0) is 30.3 Å². The van der Waals surface area contributed by atoms with Crippen molar-refractivity contribution < 1.29 is 18.7 Å². The van der Waals surface area contributed by atoms with E-state index in [1.807, 2.05) is 0 Å². The Kier molecular flexibility index (Phi) is 4.04. The van der Waals surface area contributed by atoms with Crippen molar-refractivity contribution in [3.63, 3.8) is 0 Å². The Balaban J connectivity index is 2.07. The van der Waals surface area contributed by atoms with Gasteiger partial charge in [-0.1, -0.05) is 12.1 Å². The van der Waals surface area contributed by atoms with Gasteiger partial charge in [0, 0.05) is 18.5 Å². The van der Waals surface area contributed by atoms with Gasteiger partial charge >= 0.3 is 0 Å². The molecule has 3 aromatic rings. The Labute approximate surface area is 137 Å². The summed E-state index contributed by atoms with van der Waals surface area (Å²) in [6.07, 6.45) is 1.41. The smallest absolute Gasteiger partial charge is 0.257 e. The van der Waals surface area contributed by atoms with Gasteiger partial charge in [0.25, 0.3) is 5.91 Å². The predicted molar refractivity (Wildman–Crippen MR) is 89.1 cm³/mol. The van der Waals surface area contributed by atoms with Crippen LogP contribution in [0.3, 0.4) is 0 Å². The highest BCUT2D eigenvalue weighted by Gasteiger charge is 2.18. The molecule has 0 fully saturated rings. The number of rotatable bonds is 3. The van der Waals surface area contributed by atoms with Crippen LogP contribution in [0.2, 0.25) is 0 Å². The fourth-order valence-corrected chi connectivity index (χ4v) is 2.58. The van der Waals surface area contributed by atoms with Crippen LogP contribution in [-0.4, -0.2) is 23.5 Å². The number of benzene rings is 2. The van der Waals surface area contributed by atoms with Gasteiger partial charge in [0.1, 0.15) is 11.6 Å². The molecule has 0 aliphatic rings. The number of anilines is 1. The molecule has 0 aliphatic heterocycles. The highest BCUT2D eigenvalue weighted by Crippen LogP contribution is 2.27. The second kappa shape index (κ2) is 6.16. The monoisotopic (exact) mass is 326 g/mol. The molecule has 0 spiro atoms. The van der Waals surface area contributed by atoms with Crippen LogP contribution in [0.15, 0.2) is 48.7 Å². The quantitative estimate of drug-likeness (QED) is 0.798. The molecule has 0 saturated heterocycles. The van der Waals surface area contributed by atoms with Crippen LogP contribution in [-0.2, 0) is 0 Å². The maximum atomic E-state index is 13.6. The van der Waals surface area contributed by atoms with E-state index in [9.17, 15) is 14.0 Å². The fourth-order valence-electron chi connectivity index (χ4n) is 2.58. The zero-order chi connectivity index (χ0) is 17.3. The van der Waals surface area contributed by atoms with Gasteiger partial charge < -0.3 is 10.1 Å². The lowest BCUT2D eigenvalue weighted by atomic mass is 10.1. The molecule has 3 rings (SSSR count). The van der Waals surface area contributed by atoms with Crippen molar-refractivity contribution in [1.29, 1.82) is 0 Å². The zero-order valence-electron chi connectivity index (χ0n) is 13.2. The van der Waals surface area contributed by atoms with E-state index in [2.05, 4.69) is 5.32 Å². The standard InChI is InChI=1S/C18H15FN2O3/c1-11(22)21-10-14(13-9-12(19)7-8-16(13)21)18(23)20-15-5-3-4-6-17(15)24-2/h3-10H,1-2H3,(H,20,23). The number of fused-ring (bicyclic) bond motifs is 1. The van der Waals surface area contributed by atoms with Crippen molar-refractivity contribution in [2.75, 3.05) is 12.4 Å². The average Bonchev–Trinajstić information content (AvgIpc) is 2.94. The molecular formula is C18H15FN2O3. The Morgan fingerprint density at radius 2 is 1.92 bits per heavy atom. The number of carbonyl (C=O) groups is 2. The predicted octanol–water partition coefficient (Wildman–Crippen LogP) is 3.70. The van der Waals surface area contributed by atoms with Crippen LogP contribution in [0.25, 0.3) is 10.9 Å². The van der Waals surface area contributed by atoms with Gasteiger partial charge in [-0.3, -0.25) is 14.2 Å². The molecular weight excluding hydrogens is 311 g/mol. The summed E-state index contributed by atoms with van der Waals surface area (Å²) in [7, 11) is 1.50. The molecule has 0 unspecified atom stereocenters. The number of methoxy groups -OCH3 is 1. The number of para-hydroxylation sites is 2. The topological polar surface area (TPSA) is 60.3 Å². The molecule has 5 nitrogen and oxygen atoms in total. The first kappa shape index (κ1) is 15.7. The minimum Gasteiger partial charge on any atom is -0.495 e. The molecule has 1 heterocycles. The molecule has 24 heavy (non-hydrogen) atoms. The van der Waals surface area contributed by atoms with Crippen molar-refractivity contribution in [1.82, 2.24) is 4.57 Å². The van der Waals surface area contributed by atoms with Gasteiger partial charge in [-0.15, -0.1) is 0 Å². The maximum absolute atomic E-state index is 13.6. The first-order chi connectivity index (χ1) is 11.5. The largest absolute Gasteiger partial charge is 0.495 e. The highest BCUT2D eigenvalue weighted by molar-refractivity contribution is 6.14. The summed E-state index contributed by atoms with van der Waals surface area (Å²) in [5, 5.41) is 3.10. The number of hydrogen-bond acceptors (Lipinski definition) is 3. The third-order valence-corrected chi connectivity index (χ3v) is 3.71. The van der Waals surface area contributed by atoms with Crippen LogP contribution < -0.4 is 10.1 Å². The lowest BCUT2D eigenvalue weighted by Crippen LogP contribution is -2.12. The molecule has 1 N–H and O–H groups in total. The molecule has 122 valence electrons. The summed E-state index contributed by atoms with van der Waals surface area (Å²) in [5.74, 6) is -0.680. The van der Waals surface area contributed by atoms with E-state index in [0.29, 0.717) is 22.3 Å². The number of nitrogens with zero attached hydrogens (tertiary/aromatic N) is 1. The lowest BCUT2D eigenvalue weighted by Gasteiger charge is -2.09. The van der Waals surface area contributed by atoms with Crippen LogP contribution in [0.1, 0.15) is 22.1 Å². The number of carbonyl (C=O) groups excluding carboxylic acids is 2. The van der Waals surface area contributed by atoms with Crippen molar-refractivity contribution in [2.24, 2.45) is 0 Å². The summed E-state index contributed by atoms with van der Waals surface area (Å²) in [4.78, 5) is 24.4. The third kappa shape index (κ3) is 2.74. The maximum Gasteiger partial charge on any atom is 0.257 e. The van der Waals surface area contributed by atoms with E-state index in [0.717, 1.165) is 0 Å². The molecule has 2 aromatic carbocycles. The second-order valence-electron chi connectivity index (χ2n) is 5.25. The molecule has 1 aromatic heterocycles. The van der Waals surface area contributed by atoms with Crippen molar-refractivity contribution >= 4 is 28.4 Å². The van der Waals surface area contributed by atoms with E-state index in [1.54, 1.807) is 24.3 Å². The minimum absolute atomic E-state index is 0.214. The zero-order valence-corrected chi connectivity index (χ0v) is 13.2. The van der Waals surface area contributed by atoms with Gasteiger partial charge in [0.05, 0.1) is 23.9 Å². The minimum atomic E-state index is -0.477. The molecule has 0 radical (unpaired) electrons. The van der Waals surface area contributed by atoms with E-state index >= 15 is 0 Å². The number of aromatic nitrogens is 1. The molecule has 0 saturated carbocycles. The molecule has 0 aliphatic carbocycles. The normalized spacial score (nSPS) is 10.6.